The number of hydrogen-bond acceptors (Lipinski definition) is 4. The molecule has 2 rings (SSSR count). The number of rotatable bonds is 4. The van der Waals surface area contributed by atoms with Gasteiger partial charge < -0.3 is 9.47 Å². The molecule has 0 N–H and O–H groups in total. The van der Waals surface area contributed by atoms with Crippen LogP contribution >= 0.6 is 0 Å². The van der Waals surface area contributed by atoms with Crippen molar-refractivity contribution in [3.8, 4) is 11.8 Å². The van der Waals surface area contributed by atoms with E-state index in [9.17, 15) is 5.26 Å². The van der Waals surface area contributed by atoms with Gasteiger partial charge in [-0.15, -0.1) is 0 Å². The maximum Gasteiger partial charge on any atom is 0.119 e. The first-order chi connectivity index (χ1) is 9.18. The van der Waals surface area contributed by atoms with Gasteiger partial charge in [0.05, 0.1) is 26.4 Å². The lowest BCUT2D eigenvalue weighted by Gasteiger charge is -2.38. The molecule has 1 unspecified atom stereocenters. The molecule has 19 heavy (non-hydrogen) atoms. The third-order valence-electron chi connectivity index (χ3n) is 3.63. The summed E-state index contributed by atoms with van der Waals surface area (Å²) in [4.78, 5) is 2.20. The number of benzene rings is 1. The molecule has 1 aromatic carbocycles. The lowest BCUT2D eigenvalue weighted by atomic mass is 9.92. The van der Waals surface area contributed by atoms with E-state index in [1.54, 1.807) is 7.11 Å². The fourth-order valence-corrected chi connectivity index (χ4v) is 2.46. The van der Waals surface area contributed by atoms with Crippen LogP contribution in [0.25, 0.3) is 0 Å². The van der Waals surface area contributed by atoms with E-state index in [0.29, 0.717) is 19.6 Å². The average molecular weight is 260 g/mol. The third kappa shape index (κ3) is 3.25. The molecule has 1 aromatic rings. The SMILES string of the molecule is COc1cccc(CC(C)(C#N)N2CCOCC2)c1. The average Bonchev–Trinajstić information content (AvgIpc) is 2.48. The predicted octanol–water partition coefficient (Wildman–Crippen LogP) is 1.85. The van der Waals surface area contributed by atoms with Crippen LogP contribution in [0.15, 0.2) is 24.3 Å². The molecule has 4 heteroatoms. The standard InChI is InChI=1S/C15H20N2O2/c1-15(12-16,17-6-8-19-9-7-17)11-13-4-3-5-14(10-13)18-2/h3-5,10H,6-9,11H2,1-2H3. The molecule has 1 atom stereocenters. The van der Waals surface area contributed by atoms with Gasteiger partial charge in [0.25, 0.3) is 0 Å². The Morgan fingerprint density at radius 1 is 1.42 bits per heavy atom. The van der Waals surface area contributed by atoms with Gasteiger partial charge >= 0.3 is 0 Å². The predicted molar refractivity (Wildman–Crippen MR) is 73.1 cm³/mol. The molecule has 0 bridgehead atoms. The summed E-state index contributed by atoms with van der Waals surface area (Å²) in [5, 5.41) is 9.56. The maximum atomic E-state index is 9.56. The summed E-state index contributed by atoms with van der Waals surface area (Å²) in [6, 6.07) is 10.4. The highest BCUT2D eigenvalue weighted by Gasteiger charge is 2.33. The molecule has 102 valence electrons. The van der Waals surface area contributed by atoms with Crippen molar-refractivity contribution in [2.24, 2.45) is 0 Å². The topological polar surface area (TPSA) is 45.5 Å². The van der Waals surface area contributed by atoms with Crippen molar-refractivity contribution in [2.45, 2.75) is 18.9 Å². The molecule has 4 nitrogen and oxygen atoms in total. The zero-order valence-corrected chi connectivity index (χ0v) is 11.6. The molecule has 1 aliphatic rings. The maximum absolute atomic E-state index is 9.56. The number of nitrogens with zero attached hydrogens (tertiary/aromatic N) is 2. The van der Waals surface area contributed by atoms with Gasteiger partial charge in [0.2, 0.25) is 0 Å². The van der Waals surface area contributed by atoms with Gasteiger partial charge in [-0.05, 0) is 24.6 Å². The molecule has 1 aliphatic heterocycles. The Balaban J connectivity index is 2.14. The number of hydrogen-bond donors (Lipinski definition) is 0. The minimum atomic E-state index is -0.490. The van der Waals surface area contributed by atoms with E-state index in [0.717, 1.165) is 24.4 Å². The highest BCUT2D eigenvalue weighted by atomic mass is 16.5. The molecule has 0 aromatic heterocycles. The fourth-order valence-electron chi connectivity index (χ4n) is 2.46. The Morgan fingerprint density at radius 2 is 2.16 bits per heavy atom. The molecular weight excluding hydrogens is 240 g/mol. The zero-order chi connectivity index (χ0) is 13.7. The third-order valence-corrected chi connectivity index (χ3v) is 3.63. The summed E-state index contributed by atoms with van der Waals surface area (Å²) in [7, 11) is 1.66. The second-order valence-electron chi connectivity index (χ2n) is 5.01. The minimum absolute atomic E-state index is 0.490. The van der Waals surface area contributed by atoms with Crippen LogP contribution in [-0.4, -0.2) is 43.9 Å². The van der Waals surface area contributed by atoms with E-state index in [1.807, 2.05) is 31.2 Å². The largest absolute Gasteiger partial charge is 0.497 e. The van der Waals surface area contributed by atoms with Crippen molar-refractivity contribution in [3.05, 3.63) is 29.8 Å². The van der Waals surface area contributed by atoms with Gasteiger partial charge in [-0.3, -0.25) is 4.90 Å². The second-order valence-corrected chi connectivity index (χ2v) is 5.01. The molecular formula is C15H20N2O2. The lowest BCUT2D eigenvalue weighted by Crippen LogP contribution is -2.52. The van der Waals surface area contributed by atoms with E-state index < -0.39 is 5.54 Å². The molecule has 0 amide bonds. The Kier molecular flexibility index (Phi) is 4.41. The molecule has 1 saturated heterocycles. The minimum Gasteiger partial charge on any atom is -0.497 e. The van der Waals surface area contributed by atoms with Gasteiger partial charge in [-0.2, -0.15) is 5.26 Å². The van der Waals surface area contributed by atoms with Gasteiger partial charge in [0.15, 0.2) is 0 Å². The van der Waals surface area contributed by atoms with Crippen molar-refractivity contribution in [1.82, 2.24) is 4.90 Å². The summed E-state index contributed by atoms with van der Waals surface area (Å²) < 4.78 is 10.6. The van der Waals surface area contributed by atoms with Crippen molar-refractivity contribution >= 4 is 0 Å². The Morgan fingerprint density at radius 3 is 2.79 bits per heavy atom. The highest BCUT2D eigenvalue weighted by Crippen LogP contribution is 2.23. The smallest absolute Gasteiger partial charge is 0.119 e. The van der Waals surface area contributed by atoms with Gasteiger partial charge in [0, 0.05) is 19.5 Å². The van der Waals surface area contributed by atoms with E-state index in [2.05, 4.69) is 11.0 Å². The second kappa shape index (κ2) is 6.05. The number of nitriles is 1. The number of ether oxygens (including phenoxy) is 2. The van der Waals surface area contributed by atoms with E-state index >= 15 is 0 Å². The molecule has 0 saturated carbocycles. The summed E-state index contributed by atoms with van der Waals surface area (Å²) in [5.74, 6) is 0.833. The number of morpholine rings is 1. The molecule has 0 aliphatic carbocycles. The van der Waals surface area contributed by atoms with Gasteiger partial charge in [0.1, 0.15) is 11.3 Å². The van der Waals surface area contributed by atoms with E-state index in [-0.39, 0.29) is 0 Å². The summed E-state index contributed by atoms with van der Waals surface area (Å²) in [6.45, 7) is 5.03. The first kappa shape index (κ1) is 13.9. The highest BCUT2D eigenvalue weighted by molar-refractivity contribution is 5.31. The Bertz CT molecular complexity index is 463. The Hall–Kier alpha value is -1.57. The van der Waals surface area contributed by atoms with Crippen molar-refractivity contribution in [2.75, 3.05) is 33.4 Å². The summed E-state index contributed by atoms with van der Waals surface area (Å²) in [6.07, 6.45) is 0.695. The first-order valence-corrected chi connectivity index (χ1v) is 6.55. The van der Waals surface area contributed by atoms with Crippen LogP contribution in [0.2, 0.25) is 0 Å². The first-order valence-electron chi connectivity index (χ1n) is 6.55. The van der Waals surface area contributed by atoms with Crippen LogP contribution in [0.1, 0.15) is 12.5 Å². The molecule has 0 radical (unpaired) electrons. The fraction of sp³-hybridized carbons (Fsp3) is 0.533. The van der Waals surface area contributed by atoms with Crippen LogP contribution in [0.4, 0.5) is 0 Å². The van der Waals surface area contributed by atoms with E-state index in [4.69, 9.17) is 9.47 Å². The summed E-state index contributed by atoms with van der Waals surface area (Å²) >= 11 is 0. The Labute approximate surface area is 114 Å². The summed E-state index contributed by atoms with van der Waals surface area (Å²) in [5.41, 5.74) is 0.630. The van der Waals surface area contributed by atoms with Gasteiger partial charge in [-0.1, -0.05) is 12.1 Å². The van der Waals surface area contributed by atoms with E-state index in [1.165, 1.54) is 0 Å². The lowest BCUT2D eigenvalue weighted by molar-refractivity contribution is 0.00188. The molecule has 0 spiro atoms. The quantitative estimate of drug-likeness (QED) is 0.829. The van der Waals surface area contributed by atoms with Crippen LogP contribution in [0.5, 0.6) is 5.75 Å². The normalized spacial score (nSPS) is 19.4. The van der Waals surface area contributed by atoms with Crippen LogP contribution in [0, 0.1) is 11.3 Å². The molecule has 1 heterocycles. The van der Waals surface area contributed by atoms with Crippen LogP contribution in [0.3, 0.4) is 0 Å². The number of methoxy groups -OCH3 is 1. The monoisotopic (exact) mass is 260 g/mol. The van der Waals surface area contributed by atoms with Crippen molar-refractivity contribution < 1.29 is 9.47 Å². The van der Waals surface area contributed by atoms with Gasteiger partial charge in [-0.25, -0.2) is 0 Å². The molecule has 1 fully saturated rings. The zero-order valence-electron chi connectivity index (χ0n) is 11.6. The van der Waals surface area contributed by atoms with Crippen LogP contribution < -0.4 is 4.74 Å². The van der Waals surface area contributed by atoms with Crippen molar-refractivity contribution in [3.63, 3.8) is 0 Å². The van der Waals surface area contributed by atoms with Crippen LogP contribution in [-0.2, 0) is 11.2 Å². The van der Waals surface area contributed by atoms with Crippen molar-refractivity contribution in [1.29, 1.82) is 5.26 Å².